The summed E-state index contributed by atoms with van der Waals surface area (Å²) in [5.41, 5.74) is 1.65. The summed E-state index contributed by atoms with van der Waals surface area (Å²) in [7, 11) is 1.62. The van der Waals surface area contributed by atoms with Crippen LogP contribution in [0, 0.1) is 5.92 Å². The monoisotopic (exact) mass is 492 g/mol. The Labute approximate surface area is 210 Å². The van der Waals surface area contributed by atoms with Crippen LogP contribution in [0.15, 0.2) is 48.5 Å². The fraction of sp³-hybridized carbons (Fsp3) is 0.462. The summed E-state index contributed by atoms with van der Waals surface area (Å²) < 4.78 is 20.0. The lowest BCUT2D eigenvalue weighted by atomic mass is 9.85. The van der Waals surface area contributed by atoms with E-state index in [1.165, 1.54) is 19.8 Å². The van der Waals surface area contributed by atoms with Crippen LogP contribution in [-0.2, 0) is 33.0 Å². The zero-order valence-electron chi connectivity index (χ0n) is 20.6. The first-order valence-electron chi connectivity index (χ1n) is 12.3. The Bertz CT molecular complexity index is 1180. The second-order valence-corrected chi connectivity index (χ2v) is 9.43. The van der Waals surface area contributed by atoms with Gasteiger partial charge < -0.3 is 24.8 Å². The molecule has 1 aromatic heterocycles. The molecule has 10 heteroatoms. The number of ether oxygens (including phenoxy) is 3. The molecule has 2 unspecified atom stereocenters. The maximum absolute atomic E-state index is 11.7. The molecule has 1 amide bonds. The van der Waals surface area contributed by atoms with Gasteiger partial charge in [-0.2, -0.15) is 0 Å². The van der Waals surface area contributed by atoms with Crippen LogP contribution in [-0.4, -0.2) is 52.5 Å². The van der Waals surface area contributed by atoms with Gasteiger partial charge in [0.1, 0.15) is 17.4 Å². The third-order valence-corrected chi connectivity index (χ3v) is 6.69. The average Bonchev–Trinajstić information content (AvgIpc) is 3.58. The van der Waals surface area contributed by atoms with E-state index in [0.717, 1.165) is 12.1 Å². The third kappa shape index (κ3) is 5.34. The van der Waals surface area contributed by atoms with E-state index in [4.69, 9.17) is 14.2 Å². The van der Waals surface area contributed by atoms with Gasteiger partial charge >= 0.3 is 0 Å². The molecule has 1 aliphatic heterocycles. The number of hydrogen-bond donors (Lipinski definition) is 2. The number of tetrazole rings is 1. The molecule has 2 aromatic carbocycles. The second kappa shape index (κ2) is 10.6. The molecule has 2 fully saturated rings. The topological polar surface area (TPSA) is 112 Å². The van der Waals surface area contributed by atoms with E-state index in [-0.39, 0.29) is 12.0 Å². The number of amides is 1. The highest BCUT2D eigenvalue weighted by atomic mass is 16.5. The van der Waals surface area contributed by atoms with Crippen LogP contribution >= 0.6 is 0 Å². The first-order chi connectivity index (χ1) is 17.6. The van der Waals surface area contributed by atoms with Crippen molar-refractivity contribution in [3.05, 3.63) is 59.9 Å². The van der Waals surface area contributed by atoms with Gasteiger partial charge in [-0.15, -0.1) is 5.10 Å². The van der Waals surface area contributed by atoms with Crippen molar-refractivity contribution in [1.29, 1.82) is 0 Å². The molecule has 36 heavy (non-hydrogen) atoms. The number of nitrogens with one attached hydrogen (secondary N) is 2. The summed E-state index contributed by atoms with van der Waals surface area (Å²) >= 11 is 0. The number of aromatic nitrogens is 4. The number of anilines is 2. The normalized spacial score (nSPS) is 21.7. The van der Waals surface area contributed by atoms with Gasteiger partial charge in [0, 0.05) is 32.2 Å². The first-order valence-corrected chi connectivity index (χ1v) is 12.3. The second-order valence-electron chi connectivity index (χ2n) is 9.43. The minimum absolute atomic E-state index is 0.149. The largest absolute Gasteiger partial charge is 0.495 e. The molecule has 0 spiro atoms. The number of carbonyl (C=O) groups is 1. The predicted octanol–water partition coefficient (Wildman–Crippen LogP) is 3.36. The molecule has 5 rings (SSSR count). The van der Waals surface area contributed by atoms with E-state index >= 15 is 0 Å². The lowest BCUT2D eigenvalue weighted by molar-refractivity contribution is -0.114. The molecule has 1 saturated carbocycles. The quantitative estimate of drug-likeness (QED) is 0.443. The van der Waals surface area contributed by atoms with Crippen molar-refractivity contribution < 1.29 is 19.0 Å². The zero-order chi connectivity index (χ0) is 25.0. The molecule has 0 radical (unpaired) electrons. The molecule has 2 N–H and O–H groups in total. The zero-order valence-corrected chi connectivity index (χ0v) is 20.6. The SMILES string of the molecule is COc1ccc(NC(C)=O)cc1NC1(c2nnnn2CC2CC2)CCOCC1OCc1ccccc1. The van der Waals surface area contributed by atoms with E-state index in [2.05, 4.69) is 26.2 Å². The highest BCUT2D eigenvalue weighted by Gasteiger charge is 2.49. The average molecular weight is 493 g/mol. The summed E-state index contributed by atoms with van der Waals surface area (Å²) in [4.78, 5) is 11.7. The van der Waals surface area contributed by atoms with Gasteiger partial charge in [0.25, 0.3) is 0 Å². The summed E-state index contributed by atoms with van der Waals surface area (Å²) in [5, 5.41) is 19.5. The number of benzene rings is 2. The minimum Gasteiger partial charge on any atom is -0.495 e. The van der Waals surface area contributed by atoms with Crippen LogP contribution in [0.25, 0.3) is 0 Å². The van der Waals surface area contributed by atoms with E-state index in [1.54, 1.807) is 7.11 Å². The number of hydrogen-bond acceptors (Lipinski definition) is 8. The van der Waals surface area contributed by atoms with Gasteiger partial charge in [-0.3, -0.25) is 4.79 Å². The summed E-state index contributed by atoms with van der Waals surface area (Å²) in [6.45, 7) is 3.56. The fourth-order valence-corrected chi connectivity index (χ4v) is 4.66. The summed E-state index contributed by atoms with van der Waals surface area (Å²) in [5.74, 6) is 1.79. The van der Waals surface area contributed by atoms with Crippen molar-refractivity contribution >= 4 is 17.3 Å². The smallest absolute Gasteiger partial charge is 0.221 e. The highest BCUT2D eigenvalue weighted by Crippen LogP contribution is 2.41. The number of methoxy groups -OCH3 is 1. The molecule has 2 heterocycles. The van der Waals surface area contributed by atoms with Crippen molar-refractivity contribution in [3.8, 4) is 5.75 Å². The summed E-state index contributed by atoms with van der Waals surface area (Å²) in [6.07, 6.45) is 2.57. The molecule has 10 nitrogen and oxygen atoms in total. The molecular formula is C26H32N6O4. The fourth-order valence-electron chi connectivity index (χ4n) is 4.66. The number of rotatable bonds is 10. The summed E-state index contributed by atoms with van der Waals surface area (Å²) in [6, 6.07) is 15.6. The lowest BCUT2D eigenvalue weighted by Crippen LogP contribution is -2.55. The highest BCUT2D eigenvalue weighted by molar-refractivity contribution is 5.89. The van der Waals surface area contributed by atoms with Gasteiger partial charge in [-0.25, -0.2) is 4.68 Å². The van der Waals surface area contributed by atoms with Gasteiger partial charge in [-0.05, 0) is 52.9 Å². The molecule has 1 saturated heterocycles. The van der Waals surface area contributed by atoms with Crippen LogP contribution in [0.3, 0.4) is 0 Å². The molecule has 2 atom stereocenters. The van der Waals surface area contributed by atoms with Crippen LogP contribution in [0.5, 0.6) is 5.75 Å². The Balaban J connectivity index is 1.54. The lowest BCUT2D eigenvalue weighted by Gasteiger charge is -2.43. The number of nitrogens with zero attached hydrogens (tertiary/aromatic N) is 4. The predicted molar refractivity (Wildman–Crippen MR) is 134 cm³/mol. The molecule has 1 aliphatic carbocycles. The molecular weight excluding hydrogens is 460 g/mol. The van der Waals surface area contributed by atoms with Crippen LogP contribution in [0.2, 0.25) is 0 Å². The van der Waals surface area contributed by atoms with Gasteiger partial charge in [-0.1, -0.05) is 30.3 Å². The van der Waals surface area contributed by atoms with Crippen molar-refractivity contribution in [1.82, 2.24) is 20.2 Å². The van der Waals surface area contributed by atoms with Crippen molar-refractivity contribution in [2.45, 2.75) is 51.0 Å². The van der Waals surface area contributed by atoms with Crippen LogP contribution in [0.1, 0.15) is 37.6 Å². The van der Waals surface area contributed by atoms with E-state index in [0.29, 0.717) is 55.1 Å². The van der Waals surface area contributed by atoms with Crippen molar-refractivity contribution in [3.63, 3.8) is 0 Å². The van der Waals surface area contributed by atoms with E-state index < -0.39 is 5.54 Å². The van der Waals surface area contributed by atoms with Crippen LogP contribution < -0.4 is 15.4 Å². The molecule has 190 valence electrons. The maximum Gasteiger partial charge on any atom is 0.221 e. The standard InChI is InChI=1S/C26H32N6O4/c1-18(33)27-21-10-11-23(34-2)22(14-21)28-26(25-29-30-31-32(25)15-19-8-9-19)12-13-35-17-24(26)36-16-20-6-4-3-5-7-20/h3-7,10-11,14,19,24,28H,8-9,12-13,15-17H2,1-2H3,(H,27,33). The minimum atomic E-state index is -0.784. The Morgan fingerprint density at radius 3 is 2.81 bits per heavy atom. The maximum atomic E-state index is 11.7. The Kier molecular flexibility index (Phi) is 7.15. The third-order valence-electron chi connectivity index (χ3n) is 6.69. The Hall–Kier alpha value is -3.50. The Morgan fingerprint density at radius 2 is 2.06 bits per heavy atom. The molecule has 0 bridgehead atoms. The Morgan fingerprint density at radius 1 is 1.22 bits per heavy atom. The van der Waals surface area contributed by atoms with Gasteiger partial charge in [0.15, 0.2) is 5.82 Å². The van der Waals surface area contributed by atoms with Gasteiger partial charge in [0.05, 0.1) is 26.0 Å². The van der Waals surface area contributed by atoms with Gasteiger partial charge in [0.2, 0.25) is 5.91 Å². The van der Waals surface area contributed by atoms with Crippen molar-refractivity contribution in [2.24, 2.45) is 5.92 Å². The van der Waals surface area contributed by atoms with E-state index in [1.807, 2.05) is 53.2 Å². The van der Waals surface area contributed by atoms with E-state index in [9.17, 15) is 4.79 Å². The number of carbonyl (C=O) groups excluding carboxylic acids is 1. The molecule has 3 aromatic rings. The van der Waals surface area contributed by atoms with Crippen LogP contribution in [0.4, 0.5) is 11.4 Å². The first kappa shape index (κ1) is 24.2. The molecule has 2 aliphatic rings. The van der Waals surface area contributed by atoms with Crippen molar-refractivity contribution in [2.75, 3.05) is 31.0 Å².